The second-order valence-corrected chi connectivity index (χ2v) is 5.82. The summed E-state index contributed by atoms with van der Waals surface area (Å²) in [6, 6.07) is 8.26. The SMILES string of the molecule is CC(C)CNS(=O)(=O)Nc1cccc(OCC#N)c1. The number of benzene rings is 1. The van der Waals surface area contributed by atoms with Crippen molar-refractivity contribution in [2.75, 3.05) is 17.9 Å². The summed E-state index contributed by atoms with van der Waals surface area (Å²) in [5.41, 5.74) is 0.381. The molecule has 6 nitrogen and oxygen atoms in total. The molecule has 19 heavy (non-hydrogen) atoms. The van der Waals surface area contributed by atoms with E-state index >= 15 is 0 Å². The van der Waals surface area contributed by atoms with Gasteiger partial charge in [0.1, 0.15) is 11.8 Å². The van der Waals surface area contributed by atoms with Gasteiger partial charge in [-0.3, -0.25) is 4.72 Å². The van der Waals surface area contributed by atoms with Gasteiger partial charge in [-0.1, -0.05) is 19.9 Å². The van der Waals surface area contributed by atoms with Crippen LogP contribution in [0.2, 0.25) is 0 Å². The molecule has 0 aromatic heterocycles. The predicted octanol–water partition coefficient (Wildman–Crippen LogP) is 1.49. The van der Waals surface area contributed by atoms with Gasteiger partial charge in [0.05, 0.1) is 5.69 Å². The summed E-state index contributed by atoms with van der Waals surface area (Å²) in [5.74, 6) is 0.660. The Kier molecular flexibility index (Phi) is 5.60. The van der Waals surface area contributed by atoms with E-state index in [1.54, 1.807) is 18.2 Å². The van der Waals surface area contributed by atoms with Crippen LogP contribution in [0.3, 0.4) is 0 Å². The minimum atomic E-state index is -3.59. The number of hydrogen-bond acceptors (Lipinski definition) is 4. The van der Waals surface area contributed by atoms with E-state index in [9.17, 15) is 8.42 Å². The first-order valence-electron chi connectivity index (χ1n) is 5.80. The Morgan fingerprint density at radius 2 is 2.16 bits per heavy atom. The number of nitriles is 1. The maximum atomic E-state index is 11.7. The molecule has 0 amide bonds. The normalized spacial score (nSPS) is 11.1. The molecule has 0 unspecified atom stereocenters. The number of ether oxygens (including phenoxy) is 1. The van der Waals surface area contributed by atoms with Crippen molar-refractivity contribution in [3.05, 3.63) is 24.3 Å². The smallest absolute Gasteiger partial charge is 0.299 e. The molecule has 1 aromatic carbocycles. The number of hydrogen-bond donors (Lipinski definition) is 2. The van der Waals surface area contributed by atoms with Gasteiger partial charge >= 0.3 is 0 Å². The van der Waals surface area contributed by atoms with Gasteiger partial charge in [0.25, 0.3) is 10.2 Å². The van der Waals surface area contributed by atoms with Gasteiger partial charge < -0.3 is 4.74 Å². The monoisotopic (exact) mass is 283 g/mol. The highest BCUT2D eigenvalue weighted by molar-refractivity contribution is 7.90. The van der Waals surface area contributed by atoms with E-state index in [0.29, 0.717) is 18.0 Å². The van der Waals surface area contributed by atoms with Crippen LogP contribution in [-0.4, -0.2) is 21.6 Å². The van der Waals surface area contributed by atoms with E-state index in [-0.39, 0.29) is 12.5 Å². The molecule has 0 bridgehead atoms. The number of nitrogens with zero attached hydrogens (tertiary/aromatic N) is 1. The number of nitrogens with one attached hydrogen (secondary N) is 2. The molecule has 0 atom stereocenters. The Hall–Kier alpha value is -1.78. The van der Waals surface area contributed by atoms with Crippen molar-refractivity contribution in [3.8, 4) is 11.8 Å². The Morgan fingerprint density at radius 1 is 1.42 bits per heavy atom. The molecule has 1 aromatic rings. The van der Waals surface area contributed by atoms with Crippen LogP contribution in [0, 0.1) is 17.2 Å². The van der Waals surface area contributed by atoms with E-state index in [2.05, 4.69) is 9.44 Å². The van der Waals surface area contributed by atoms with Gasteiger partial charge in [0, 0.05) is 12.6 Å². The molecule has 0 saturated carbocycles. The van der Waals surface area contributed by atoms with Crippen molar-refractivity contribution in [1.82, 2.24) is 4.72 Å². The van der Waals surface area contributed by atoms with Gasteiger partial charge in [0.15, 0.2) is 6.61 Å². The van der Waals surface area contributed by atoms with Crippen molar-refractivity contribution in [1.29, 1.82) is 5.26 Å². The lowest BCUT2D eigenvalue weighted by atomic mass is 10.2. The van der Waals surface area contributed by atoms with Crippen LogP contribution in [0.25, 0.3) is 0 Å². The summed E-state index contributed by atoms with van der Waals surface area (Å²) >= 11 is 0. The molecule has 0 saturated heterocycles. The molecule has 0 fully saturated rings. The average Bonchev–Trinajstić information content (AvgIpc) is 2.34. The van der Waals surface area contributed by atoms with Crippen LogP contribution < -0.4 is 14.2 Å². The number of rotatable bonds is 7. The van der Waals surface area contributed by atoms with Crippen LogP contribution in [-0.2, 0) is 10.2 Å². The van der Waals surface area contributed by atoms with E-state index in [1.165, 1.54) is 6.07 Å². The Bertz CT molecular complexity index is 550. The molecule has 2 N–H and O–H groups in total. The van der Waals surface area contributed by atoms with E-state index in [4.69, 9.17) is 10.00 Å². The zero-order chi connectivity index (χ0) is 14.3. The van der Waals surface area contributed by atoms with E-state index < -0.39 is 10.2 Å². The summed E-state index contributed by atoms with van der Waals surface area (Å²) in [5, 5.41) is 8.41. The van der Waals surface area contributed by atoms with Gasteiger partial charge in [-0.05, 0) is 18.1 Å². The average molecular weight is 283 g/mol. The van der Waals surface area contributed by atoms with Crippen molar-refractivity contribution in [2.45, 2.75) is 13.8 Å². The van der Waals surface area contributed by atoms with Gasteiger partial charge in [-0.15, -0.1) is 0 Å². The van der Waals surface area contributed by atoms with Crippen LogP contribution in [0.15, 0.2) is 24.3 Å². The summed E-state index contributed by atoms with van der Waals surface area (Å²) in [7, 11) is -3.59. The topological polar surface area (TPSA) is 91.2 Å². The molecule has 104 valence electrons. The molecule has 0 aliphatic rings. The van der Waals surface area contributed by atoms with Crippen molar-refractivity contribution >= 4 is 15.9 Å². The third-order valence-corrected chi connectivity index (χ3v) is 3.12. The maximum Gasteiger partial charge on any atom is 0.299 e. The zero-order valence-corrected chi connectivity index (χ0v) is 11.7. The minimum Gasteiger partial charge on any atom is -0.479 e. The fraction of sp³-hybridized carbons (Fsp3) is 0.417. The molecule has 0 heterocycles. The summed E-state index contributed by atoms with van der Waals surface area (Å²) in [6.07, 6.45) is 0. The van der Waals surface area contributed by atoms with Gasteiger partial charge in [-0.2, -0.15) is 18.4 Å². The summed E-state index contributed by atoms with van der Waals surface area (Å²) in [4.78, 5) is 0. The van der Waals surface area contributed by atoms with Crippen molar-refractivity contribution < 1.29 is 13.2 Å². The first kappa shape index (κ1) is 15.3. The third-order valence-electron chi connectivity index (χ3n) is 2.07. The minimum absolute atomic E-state index is 0.0815. The molecule has 0 spiro atoms. The second-order valence-electron chi connectivity index (χ2n) is 4.32. The van der Waals surface area contributed by atoms with E-state index in [1.807, 2.05) is 19.9 Å². The van der Waals surface area contributed by atoms with Crippen molar-refractivity contribution in [2.24, 2.45) is 5.92 Å². The predicted molar refractivity (Wildman–Crippen MR) is 72.9 cm³/mol. The lowest BCUT2D eigenvalue weighted by molar-refractivity contribution is 0.368. The molecule has 1 rings (SSSR count). The zero-order valence-electron chi connectivity index (χ0n) is 10.9. The Labute approximate surface area is 113 Å². The highest BCUT2D eigenvalue weighted by Crippen LogP contribution is 2.17. The van der Waals surface area contributed by atoms with Crippen LogP contribution in [0.5, 0.6) is 5.75 Å². The highest BCUT2D eigenvalue weighted by atomic mass is 32.2. The summed E-state index contributed by atoms with van der Waals surface area (Å²) in [6.45, 7) is 4.11. The standard InChI is InChI=1S/C12H17N3O3S/c1-10(2)9-14-19(16,17)15-11-4-3-5-12(8-11)18-7-6-13/h3-5,8,10,14-15H,7,9H2,1-2H3. The second kappa shape index (κ2) is 6.97. The van der Waals surface area contributed by atoms with Crippen molar-refractivity contribution in [3.63, 3.8) is 0 Å². The molecule has 0 radical (unpaired) electrons. The van der Waals surface area contributed by atoms with Crippen LogP contribution in [0.4, 0.5) is 5.69 Å². The number of anilines is 1. The molecule has 0 aliphatic carbocycles. The lowest BCUT2D eigenvalue weighted by Crippen LogP contribution is -2.32. The Balaban J connectivity index is 2.68. The highest BCUT2D eigenvalue weighted by Gasteiger charge is 2.10. The fourth-order valence-electron chi connectivity index (χ4n) is 1.23. The van der Waals surface area contributed by atoms with Gasteiger partial charge in [0.2, 0.25) is 0 Å². The van der Waals surface area contributed by atoms with Crippen LogP contribution in [0.1, 0.15) is 13.8 Å². The van der Waals surface area contributed by atoms with Crippen LogP contribution >= 0.6 is 0 Å². The molecular weight excluding hydrogens is 266 g/mol. The maximum absolute atomic E-state index is 11.7. The van der Waals surface area contributed by atoms with E-state index in [0.717, 1.165) is 0 Å². The fourth-order valence-corrected chi connectivity index (χ4v) is 2.29. The summed E-state index contributed by atoms with van der Waals surface area (Å²) < 4.78 is 33.3. The molecule has 7 heteroatoms. The Morgan fingerprint density at radius 3 is 2.79 bits per heavy atom. The first-order valence-corrected chi connectivity index (χ1v) is 7.28. The third kappa shape index (κ3) is 6.08. The molecule has 0 aliphatic heterocycles. The quantitative estimate of drug-likeness (QED) is 0.793. The molecular formula is C12H17N3O3S. The largest absolute Gasteiger partial charge is 0.479 e. The van der Waals surface area contributed by atoms with Gasteiger partial charge in [-0.25, -0.2) is 0 Å². The lowest BCUT2D eigenvalue weighted by Gasteiger charge is -2.11. The first-order chi connectivity index (χ1) is 8.93.